The van der Waals surface area contributed by atoms with Crippen molar-refractivity contribution in [3.8, 4) is 0 Å². The van der Waals surface area contributed by atoms with Crippen LogP contribution in [0.1, 0.15) is 35.3 Å². The van der Waals surface area contributed by atoms with Gasteiger partial charge in [-0.1, -0.05) is 18.2 Å². The normalized spacial score (nSPS) is 22.4. The number of hydrogen-bond acceptors (Lipinski definition) is 6. The van der Waals surface area contributed by atoms with E-state index >= 15 is 0 Å². The SMILES string of the molecule is Cc1ccc(S(=O)(=O)N2CCOCC2)cc1NC(=O)c1ccc(CN2CC(C)OC(C)C2)cc1. The zero-order chi connectivity index (χ0) is 24.3. The summed E-state index contributed by atoms with van der Waals surface area (Å²) in [6, 6.07) is 12.4. The molecule has 2 saturated heterocycles. The standard InChI is InChI=1S/C25H33N3O5S/c1-18-4-9-23(34(30,31)28-10-12-32-13-11-28)14-24(18)26-25(29)22-7-5-21(6-8-22)17-27-15-19(2)33-20(3)16-27/h4-9,14,19-20H,10-13,15-17H2,1-3H3,(H,26,29). The summed E-state index contributed by atoms with van der Waals surface area (Å²) in [6.07, 6.45) is 0.416. The Morgan fingerprint density at radius 1 is 1.03 bits per heavy atom. The number of sulfonamides is 1. The van der Waals surface area contributed by atoms with E-state index in [1.165, 1.54) is 10.4 Å². The number of nitrogens with zero attached hydrogens (tertiary/aromatic N) is 2. The zero-order valence-corrected chi connectivity index (χ0v) is 20.8. The predicted molar refractivity (Wildman–Crippen MR) is 130 cm³/mol. The van der Waals surface area contributed by atoms with Crippen molar-refractivity contribution in [2.24, 2.45) is 0 Å². The Balaban J connectivity index is 1.43. The van der Waals surface area contributed by atoms with Crippen LogP contribution in [0.4, 0.5) is 5.69 Å². The number of benzene rings is 2. The van der Waals surface area contributed by atoms with Crippen molar-refractivity contribution < 1.29 is 22.7 Å². The van der Waals surface area contributed by atoms with Crippen LogP contribution in [-0.2, 0) is 26.0 Å². The van der Waals surface area contributed by atoms with Gasteiger partial charge in [0.2, 0.25) is 10.0 Å². The van der Waals surface area contributed by atoms with E-state index in [4.69, 9.17) is 9.47 Å². The highest BCUT2D eigenvalue weighted by molar-refractivity contribution is 7.89. The number of ether oxygens (including phenoxy) is 2. The van der Waals surface area contributed by atoms with Crippen LogP contribution in [-0.4, -0.2) is 75.1 Å². The highest BCUT2D eigenvalue weighted by atomic mass is 32.2. The number of rotatable bonds is 6. The zero-order valence-electron chi connectivity index (χ0n) is 20.0. The fraction of sp³-hybridized carbons (Fsp3) is 0.480. The van der Waals surface area contributed by atoms with Crippen LogP contribution in [0, 0.1) is 6.92 Å². The molecule has 9 heteroatoms. The maximum absolute atomic E-state index is 13.0. The molecule has 2 aromatic rings. The molecule has 0 saturated carbocycles. The maximum Gasteiger partial charge on any atom is 0.255 e. The summed E-state index contributed by atoms with van der Waals surface area (Å²) in [7, 11) is -3.64. The van der Waals surface area contributed by atoms with Gasteiger partial charge in [0.1, 0.15) is 0 Å². The summed E-state index contributed by atoms with van der Waals surface area (Å²) in [5, 5.41) is 2.88. The maximum atomic E-state index is 13.0. The van der Waals surface area contributed by atoms with E-state index in [1.54, 1.807) is 12.1 Å². The van der Waals surface area contributed by atoms with E-state index in [-0.39, 0.29) is 23.0 Å². The Kier molecular flexibility index (Phi) is 7.69. The topological polar surface area (TPSA) is 88.2 Å². The van der Waals surface area contributed by atoms with Crippen LogP contribution in [0.15, 0.2) is 47.4 Å². The van der Waals surface area contributed by atoms with Gasteiger partial charge in [0.15, 0.2) is 0 Å². The van der Waals surface area contributed by atoms with Gasteiger partial charge in [0, 0.05) is 44.0 Å². The van der Waals surface area contributed by atoms with E-state index in [0.29, 0.717) is 37.6 Å². The smallest absolute Gasteiger partial charge is 0.255 e. The molecule has 2 aromatic carbocycles. The molecule has 8 nitrogen and oxygen atoms in total. The number of morpholine rings is 2. The first-order valence-corrected chi connectivity index (χ1v) is 13.1. The lowest BCUT2D eigenvalue weighted by Gasteiger charge is -2.35. The minimum absolute atomic E-state index is 0.166. The van der Waals surface area contributed by atoms with E-state index in [0.717, 1.165) is 30.8 Å². The van der Waals surface area contributed by atoms with Crippen molar-refractivity contribution in [3.05, 3.63) is 59.2 Å². The Bertz CT molecular complexity index is 1100. The molecule has 0 spiro atoms. The van der Waals surface area contributed by atoms with Crippen molar-refractivity contribution in [1.82, 2.24) is 9.21 Å². The number of carbonyl (C=O) groups is 1. The van der Waals surface area contributed by atoms with Gasteiger partial charge in [0.25, 0.3) is 5.91 Å². The molecule has 2 aliphatic rings. The van der Waals surface area contributed by atoms with Crippen LogP contribution in [0.5, 0.6) is 0 Å². The van der Waals surface area contributed by atoms with E-state index in [2.05, 4.69) is 24.1 Å². The van der Waals surface area contributed by atoms with Gasteiger partial charge in [-0.15, -0.1) is 0 Å². The lowest BCUT2D eigenvalue weighted by atomic mass is 10.1. The molecule has 1 N–H and O–H groups in total. The van der Waals surface area contributed by atoms with Gasteiger partial charge in [-0.3, -0.25) is 9.69 Å². The first-order chi connectivity index (χ1) is 16.2. The van der Waals surface area contributed by atoms with Crippen molar-refractivity contribution in [1.29, 1.82) is 0 Å². The van der Waals surface area contributed by atoms with Gasteiger partial charge in [-0.05, 0) is 56.2 Å². The van der Waals surface area contributed by atoms with Gasteiger partial charge < -0.3 is 14.8 Å². The van der Waals surface area contributed by atoms with Crippen LogP contribution in [0.3, 0.4) is 0 Å². The molecule has 0 aliphatic carbocycles. The molecule has 1 amide bonds. The van der Waals surface area contributed by atoms with Crippen molar-refractivity contribution >= 4 is 21.6 Å². The second kappa shape index (κ2) is 10.5. The molecular formula is C25H33N3O5S. The van der Waals surface area contributed by atoms with Gasteiger partial charge >= 0.3 is 0 Å². The lowest BCUT2D eigenvalue weighted by Crippen LogP contribution is -2.44. The third-order valence-electron chi connectivity index (χ3n) is 6.18. The first kappa shape index (κ1) is 24.8. The number of aryl methyl sites for hydroxylation is 1. The molecule has 34 heavy (non-hydrogen) atoms. The molecule has 2 unspecified atom stereocenters. The minimum atomic E-state index is -3.64. The highest BCUT2D eigenvalue weighted by Crippen LogP contribution is 2.24. The second-order valence-corrected chi connectivity index (χ2v) is 11.0. The fourth-order valence-corrected chi connectivity index (χ4v) is 5.89. The third-order valence-corrected chi connectivity index (χ3v) is 8.08. The molecule has 2 atom stereocenters. The van der Waals surface area contributed by atoms with Crippen molar-refractivity contribution in [2.75, 3.05) is 44.7 Å². The van der Waals surface area contributed by atoms with Crippen molar-refractivity contribution in [3.63, 3.8) is 0 Å². The highest BCUT2D eigenvalue weighted by Gasteiger charge is 2.27. The van der Waals surface area contributed by atoms with Crippen LogP contribution in [0.25, 0.3) is 0 Å². The quantitative estimate of drug-likeness (QED) is 0.674. The largest absolute Gasteiger partial charge is 0.379 e. The van der Waals surface area contributed by atoms with E-state index in [9.17, 15) is 13.2 Å². The van der Waals surface area contributed by atoms with Crippen molar-refractivity contribution in [2.45, 2.75) is 44.4 Å². The summed E-state index contributed by atoms with van der Waals surface area (Å²) in [4.78, 5) is 15.4. The Morgan fingerprint density at radius 3 is 2.32 bits per heavy atom. The minimum Gasteiger partial charge on any atom is -0.379 e. The summed E-state index contributed by atoms with van der Waals surface area (Å²) < 4.78 is 38.5. The molecule has 0 radical (unpaired) electrons. The van der Waals surface area contributed by atoms with Crippen LogP contribution >= 0.6 is 0 Å². The van der Waals surface area contributed by atoms with E-state index < -0.39 is 10.0 Å². The Labute approximate surface area is 201 Å². The Morgan fingerprint density at radius 2 is 1.68 bits per heavy atom. The Hall–Kier alpha value is -2.30. The molecule has 2 heterocycles. The fourth-order valence-electron chi connectivity index (χ4n) is 4.46. The number of amides is 1. The molecular weight excluding hydrogens is 454 g/mol. The van der Waals surface area contributed by atoms with E-state index in [1.807, 2.05) is 31.2 Å². The molecule has 0 bridgehead atoms. The molecule has 2 fully saturated rings. The van der Waals surface area contributed by atoms with Crippen LogP contribution < -0.4 is 5.32 Å². The number of hydrogen-bond donors (Lipinski definition) is 1. The number of anilines is 1. The first-order valence-electron chi connectivity index (χ1n) is 11.7. The monoisotopic (exact) mass is 487 g/mol. The molecule has 184 valence electrons. The predicted octanol–water partition coefficient (Wildman–Crippen LogP) is 2.88. The second-order valence-electron chi connectivity index (χ2n) is 9.10. The summed E-state index contributed by atoms with van der Waals surface area (Å²) in [5.74, 6) is -0.274. The third kappa shape index (κ3) is 5.84. The van der Waals surface area contributed by atoms with Gasteiger partial charge in [-0.2, -0.15) is 4.31 Å². The lowest BCUT2D eigenvalue weighted by molar-refractivity contribution is -0.0704. The summed E-state index contributed by atoms with van der Waals surface area (Å²) in [6.45, 7) is 10.00. The number of nitrogens with one attached hydrogen (secondary N) is 1. The molecule has 0 aromatic heterocycles. The summed E-state index contributed by atoms with van der Waals surface area (Å²) >= 11 is 0. The van der Waals surface area contributed by atoms with Gasteiger partial charge in [0.05, 0.1) is 30.3 Å². The molecule has 2 aliphatic heterocycles. The van der Waals surface area contributed by atoms with Crippen LogP contribution in [0.2, 0.25) is 0 Å². The number of carbonyl (C=O) groups excluding carboxylic acids is 1. The van der Waals surface area contributed by atoms with Gasteiger partial charge in [-0.25, -0.2) is 8.42 Å². The average molecular weight is 488 g/mol. The average Bonchev–Trinajstić information content (AvgIpc) is 2.80. The summed E-state index contributed by atoms with van der Waals surface area (Å²) in [5.41, 5.74) is 2.93. The molecule has 4 rings (SSSR count).